The maximum absolute atomic E-state index is 12.8. The van der Waals surface area contributed by atoms with Gasteiger partial charge >= 0.3 is 17.9 Å². The van der Waals surface area contributed by atoms with E-state index in [1.807, 2.05) is 0 Å². The molecule has 0 radical (unpaired) electrons. The largest absolute Gasteiger partial charge is 0.462 e. The quantitative estimate of drug-likeness (QED) is 0.0343. The van der Waals surface area contributed by atoms with E-state index >= 15 is 0 Å². The molecule has 0 aromatic rings. The van der Waals surface area contributed by atoms with Crippen LogP contribution in [0, 0.1) is 11.8 Å². The van der Waals surface area contributed by atoms with Crippen LogP contribution in [0.15, 0.2) is 0 Å². The van der Waals surface area contributed by atoms with E-state index in [-0.39, 0.29) is 31.1 Å². The lowest BCUT2D eigenvalue weighted by molar-refractivity contribution is -0.167. The van der Waals surface area contributed by atoms with Gasteiger partial charge in [0.2, 0.25) is 0 Å². The van der Waals surface area contributed by atoms with E-state index in [9.17, 15) is 14.4 Å². The summed E-state index contributed by atoms with van der Waals surface area (Å²) in [6, 6.07) is 0. The minimum absolute atomic E-state index is 0.0627. The summed E-state index contributed by atoms with van der Waals surface area (Å²) in [7, 11) is 0. The van der Waals surface area contributed by atoms with Gasteiger partial charge in [0.1, 0.15) is 13.2 Å². The zero-order valence-corrected chi connectivity index (χ0v) is 46.7. The van der Waals surface area contributed by atoms with Crippen molar-refractivity contribution in [1.29, 1.82) is 0 Å². The average molecular weight is 962 g/mol. The average Bonchev–Trinajstić information content (AvgIpc) is 3.31. The van der Waals surface area contributed by atoms with E-state index in [2.05, 4.69) is 34.6 Å². The van der Waals surface area contributed by atoms with Crippen molar-refractivity contribution in [1.82, 2.24) is 0 Å². The van der Waals surface area contributed by atoms with Crippen LogP contribution in [-0.2, 0) is 28.6 Å². The first-order valence-electron chi connectivity index (χ1n) is 30.7. The molecule has 6 nitrogen and oxygen atoms in total. The summed E-state index contributed by atoms with van der Waals surface area (Å²) in [5.41, 5.74) is 0. The fourth-order valence-electron chi connectivity index (χ4n) is 9.58. The third-order valence-corrected chi connectivity index (χ3v) is 14.2. The van der Waals surface area contributed by atoms with Gasteiger partial charge in [-0.15, -0.1) is 0 Å². The summed E-state index contributed by atoms with van der Waals surface area (Å²) >= 11 is 0. The lowest BCUT2D eigenvalue weighted by Gasteiger charge is -2.18. The van der Waals surface area contributed by atoms with Crippen molar-refractivity contribution in [3.63, 3.8) is 0 Å². The Kier molecular flexibility index (Phi) is 53.5. The zero-order valence-electron chi connectivity index (χ0n) is 46.7. The van der Waals surface area contributed by atoms with E-state index in [4.69, 9.17) is 14.2 Å². The molecule has 0 bridgehead atoms. The Balaban J connectivity index is 4.22. The topological polar surface area (TPSA) is 78.9 Å². The minimum Gasteiger partial charge on any atom is -0.462 e. The molecule has 0 unspecified atom stereocenters. The Morgan fingerprint density at radius 1 is 0.279 bits per heavy atom. The highest BCUT2D eigenvalue weighted by Gasteiger charge is 2.19. The molecule has 6 heteroatoms. The highest BCUT2D eigenvalue weighted by Crippen LogP contribution is 2.19. The molecule has 0 fully saturated rings. The molecule has 0 saturated heterocycles. The van der Waals surface area contributed by atoms with E-state index in [0.29, 0.717) is 19.3 Å². The lowest BCUT2D eigenvalue weighted by atomic mass is 10.0. The SMILES string of the molecule is CCCCCCCCCCCCCCCCCCCC(=O)OC[C@@H](COC(=O)CCCCCCCCCCCCCCCCCCCCC(C)C)OC(=O)CCCCCCCCCCCC(C)C. The molecule has 0 aliphatic heterocycles. The van der Waals surface area contributed by atoms with Crippen LogP contribution in [0.3, 0.4) is 0 Å². The second kappa shape index (κ2) is 54.7. The van der Waals surface area contributed by atoms with Gasteiger partial charge in [0.15, 0.2) is 6.10 Å². The third kappa shape index (κ3) is 55.3. The van der Waals surface area contributed by atoms with E-state index in [1.165, 1.54) is 238 Å². The van der Waals surface area contributed by atoms with Crippen LogP contribution in [0.2, 0.25) is 0 Å². The number of rotatable bonds is 56. The second-order valence-electron chi connectivity index (χ2n) is 22.3. The monoisotopic (exact) mass is 961 g/mol. The summed E-state index contributed by atoms with van der Waals surface area (Å²) in [5, 5.41) is 0. The smallest absolute Gasteiger partial charge is 0.306 e. The van der Waals surface area contributed by atoms with Gasteiger partial charge in [0, 0.05) is 19.3 Å². The molecular weight excluding hydrogens is 841 g/mol. The van der Waals surface area contributed by atoms with E-state index in [0.717, 1.165) is 69.6 Å². The Bertz CT molecular complexity index is 1040. The number of hydrogen-bond acceptors (Lipinski definition) is 6. The van der Waals surface area contributed by atoms with E-state index < -0.39 is 6.10 Å². The molecule has 0 aromatic heterocycles. The second-order valence-corrected chi connectivity index (χ2v) is 22.3. The summed E-state index contributed by atoms with van der Waals surface area (Å²) in [6.07, 6.45) is 59.6. The first kappa shape index (κ1) is 66.4. The number of hydrogen-bond donors (Lipinski definition) is 0. The first-order chi connectivity index (χ1) is 33.2. The molecule has 0 spiro atoms. The number of unbranched alkanes of at least 4 members (excludes halogenated alkanes) is 41. The van der Waals surface area contributed by atoms with Crippen molar-refractivity contribution in [2.45, 2.75) is 355 Å². The molecule has 0 heterocycles. The zero-order chi connectivity index (χ0) is 49.6. The van der Waals surface area contributed by atoms with Gasteiger partial charge in [-0.2, -0.15) is 0 Å². The highest BCUT2D eigenvalue weighted by molar-refractivity contribution is 5.71. The molecule has 404 valence electrons. The Morgan fingerprint density at radius 3 is 0.721 bits per heavy atom. The van der Waals surface area contributed by atoms with Gasteiger partial charge in [0.05, 0.1) is 0 Å². The lowest BCUT2D eigenvalue weighted by Crippen LogP contribution is -2.30. The standard InChI is InChI=1S/C62H120O6/c1-6-7-8-9-10-11-12-13-14-17-21-24-27-32-37-42-47-52-60(63)66-55-59(68-62(65)54-49-44-39-34-29-31-36-41-46-51-58(4)5)56-67-61(64)53-48-43-38-33-28-25-22-19-16-15-18-20-23-26-30-35-40-45-50-57(2)3/h57-59H,6-56H2,1-5H3/t59-/m0/s1. The van der Waals surface area contributed by atoms with Crippen molar-refractivity contribution in [2.75, 3.05) is 13.2 Å². The van der Waals surface area contributed by atoms with Crippen LogP contribution < -0.4 is 0 Å². The van der Waals surface area contributed by atoms with Crippen molar-refractivity contribution in [3.8, 4) is 0 Å². The Morgan fingerprint density at radius 2 is 0.485 bits per heavy atom. The molecule has 0 N–H and O–H groups in total. The van der Waals surface area contributed by atoms with Gasteiger partial charge in [-0.3, -0.25) is 14.4 Å². The van der Waals surface area contributed by atoms with Gasteiger partial charge < -0.3 is 14.2 Å². The summed E-state index contributed by atoms with van der Waals surface area (Å²) in [6.45, 7) is 11.4. The first-order valence-corrected chi connectivity index (χ1v) is 30.7. The summed E-state index contributed by atoms with van der Waals surface area (Å²) in [5.74, 6) is 0.828. The normalized spacial score (nSPS) is 12.0. The molecule has 0 aromatic carbocycles. The third-order valence-electron chi connectivity index (χ3n) is 14.2. The molecule has 0 aliphatic carbocycles. The van der Waals surface area contributed by atoms with Gasteiger partial charge in [0.25, 0.3) is 0 Å². The summed E-state index contributed by atoms with van der Waals surface area (Å²) < 4.78 is 16.9. The van der Waals surface area contributed by atoms with Crippen molar-refractivity contribution < 1.29 is 28.6 Å². The predicted octanol–water partition coefficient (Wildman–Crippen LogP) is 20.4. The number of carbonyl (C=O) groups is 3. The minimum atomic E-state index is -0.763. The van der Waals surface area contributed by atoms with Crippen molar-refractivity contribution in [2.24, 2.45) is 11.8 Å². The number of ether oxygens (including phenoxy) is 3. The summed E-state index contributed by atoms with van der Waals surface area (Å²) in [4.78, 5) is 38.2. The van der Waals surface area contributed by atoms with Gasteiger partial charge in [-0.05, 0) is 31.1 Å². The van der Waals surface area contributed by atoms with Crippen LogP contribution in [-0.4, -0.2) is 37.2 Å². The number of esters is 3. The molecule has 68 heavy (non-hydrogen) atoms. The van der Waals surface area contributed by atoms with Crippen molar-refractivity contribution in [3.05, 3.63) is 0 Å². The molecule has 0 rings (SSSR count). The van der Waals surface area contributed by atoms with Gasteiger partial charge in [-0.25, -0.2) is 0 Å². The molecule has 0 aliphatic rings. The van der Waals surface area contributed by atoms with Crippen LogP contribution in [0.1, 0.15) is 349 Å². The predicted molar refractivity (Wildman–Crippen MR) is 293 cm³/mol. The fraction of sp³-hybridized carbons (Fsp3) is 0.952. The molecule has 0 saturated carbocycles. The van der Waals surface area contributed by atoms with Gasteiger partial charge in [-0.1, -0.05) is 311 Å². The van der Waals surface area contributed by atoms with Crippen LogP contribution in [0.25, 0.3) is 0 Å². The van der Waals surface area contributed by atoms with Crippen LogP contribution in [0.4, 0.5) is 0 Å². The molecular formula is C62H120O6. The van der Waals surface area contributed by atoms with Crippen molar-refractivity contribution >= 4 is 17.9 Å². The maximum atomic E-state index is 12.8. The number of carbonyl (C=O) groups excluding carboxylic acids is 3. The molecule has 0 amide bonds. The maximum Gasteiger partial charge on any atom is 0.306 e. The molecule has 1 atom stereocenters. The Hall–Kier alpha value is -1.59. The fourth-order valence-corrected chi connectivity index (χ4v) is 9.58. The van der Waals surface area contributed by atoms with E-state index in [1.54, 1.807) is 0 Å². The highest BCUT2D eigenvalue weighted by atomic mass is 16.6. The van der Waals surface area contributed by atoms with Crippen LogP contribution in [0.5, 0.6) is 0 Å². The Labute approximate surface area is 425 Å². The van der Waals surface area contributed by atoms with Crippen LogP contribution >= 0.6 is 0 Å².